The fourth-order valence-electron chi connectivity index (χ4n) is 1.55. The van der Waals surface area contributed by atoms with Gasteiger partial charge < -0.3 is 9.64 Å². The molecule has 1 aromatic rings. The summed E-state index contributed by atoms with van der Waals surface area (Å²) < 4.78 is 40.6. The first-order valence-corrected chi connectivity index (χ1v) is 5.84. The highest BCUT2D eigenvalue weighted by Crippen LogP contribution is 2.29. The largest absolute Gasteiger partial charge is 0.573 e. The van der Waals surface area contributed by atoms with Gasteiger partial charge in [0.1, 0.15) is 5.75 Å². The van der Waals surface area contributed by atoms with Gasteiger partial charge in [0.05, 0.1) is 0 Å². The molecule has 6 heteroatoms. The zero-order valence-corrected chi connectivity index (χ0v) is 11.0. The van der Waals surface area contributed by atoms with E-state index in [2.05, 4.69) is 4.74 Å². The van der Waals surface area contributed by atoms with Crippen LogP contribution in [-0.4, -0.2) is 31.9 Å². The van der Waals surface area contributed by atoms with E-state index in [4.69, 9.17) is 11.6 Å². The minimum absolute atomic E-state index is 0.175. The molecule has 0 unspecified atom stereocenters. The number of rotatable bonds is 5. The minimum atomic E-state index is -4.68. The summed E-state index contributed by atoms with van der Waals surface area (Å²) in [5, 5.41) is 0.407. The van der Waals surface area contributed by atoms with Crippen molar-refractivity contribution in [1.82, 2.24) is 4.90 Å². The van der Waals surface area contributed by atoms with Crippen LogP contribution in [0.25, 0.3) is 0 Å². The highest BCUT2D eigenvalue weighted by atomic mass is 35.5. The zero-order valence-electron chi connectivity index (χ0n) is 10.2. The lowest BCUT2D eigenvalue weighted by Crippen LogP contribution is -2.18. The van der Waals surface area contributed by atoms with Gasteiger partial charge in [-0.3, -0.25) is 0 Å². The molecule has 1 rings (SSSR count). The maximum absolute atomic E-state index is 12.2. The third-order valence-corrected chi connectivity index (χ3v) is 2.53. The van der Waals surface area contributed by atoms with E-state index in [0.717, 1.165) is 13.0 Å². The fraction of sp³-hybridized carbons (Fsp3) is 0.500. The van der Waals surface area contributed by atoms with Crippen molar-refractivity contribution in [3.63, 3.8) is 0 Å². The molecule has 18 heavy (non-hydrogen) atoms. The first-order valence-electron chi connectivity index (χ1n) is 5.47. The van der Waals surface area contributed by atoms with Crippen LogP contribution < -0.4 is 4.74 Å². The first-order chi connectivity index (χ1) is 8.28. The Balaban J connectivity index is 2.77. The minimum Gasteiger partial charge on any atom is -0.406 e. The predicted molar refractivity (Wildman–Crippen MR) is 65.0 cm³/mol. The van der Waals surface area contributed by atoms with Crippen LogP contribution in [0.1, 0.15) is 12.0 Å². The molecule has 0 aliphatic carbocycles. The Kier molecular flexibility index (Phi) is 5.28. The summed E-state index contributed by atoms with van der Waals surface area (Å²) in [7, 11) is 3.82. The summed E-state index contributed by atoms with van der Waals surface area (Å²) in [4.78, 5) is 1.97. The Bertz CT molecular complexity index is 393. The van der Waals surface area contributed by atoms with Crippen molar-refractivity contribution in [2.45, 2.75) is 19.2 Å². The number of nitrogens with zero attached hydrogens (tertiary/aromatic N) is 1. The summed E-state index contributed by atoms with van der Waals surface area (Å²) in [6.07, 6.45) is -3.45. The second-order valence-corrected chi connectivity index (χ2v) is 4.64. The van der Waals surface area contributed by atoms with Crippen LogP contribution in [0.4, 0.5) is 13.2 Å². The van der Waals surface area contributed by atoms with Crippen LogP contribution >= 0.6 is 11.6 Å². The van der Waals surface area contributed by atoms with Gasteiger partial charge in [-0.25, -0.2) is 0 Å². The number of alkyl halides is 3. The quantitative estimate of drug-likeness (QED) is 0.815. The van der Waals surface area contributed by atoms with Gasteiger partial charge in [-0.2, -0.15) is 0 Å². The Morgan fingerprint density at radius 1 is 1.28 bits per heavy atom. The molecule has 0 bridgehead atoms. The number of ether oxygens (including phenoxy) is 1. The lowest BCUT2D eigenvalue weighted by atomic mass is 10.1. The molecular weight excluding hydrogens is 267 g/mol. The topological polar surface area (TPSA) is 12.5 Å². The van der Waals surface area contributed by atoms with E-state index in [1.807, 2.05) is 19.0 Å². The number of hydrogen-bond acceptors (Lipinski definition) is 2. The van der Waals surface area contributed by atoms with Gasteiger partial charge in [-0.15, -0.1) is 13.2 Å². The number of halogens is 4. The Hall–Kier alpha value is -0.940. The molecule has 0 spiro atoms. The van der Waals surface area contributed by atoms with E-state index >= 15 is 0 Å². The summed E-state index contributed by atoms with van der Waals surface area (Å²) >= 11 is 5.78. The fourth-order valence-corrected chi connectivity index (χ4v) is 1.75. The molecule has 1 aromatic carbocycles. The smallest absolute Gasteiger partial charge is 0.406 e. The van der Waals surface area contributed by atoms with Gasteiger partial charge in [-0.05, 0) is 57.2 Å². The monoisotopic (exact) mass is 281 g/mol. The molecule has 0 saturated heterocycles. The van der Waals surface area contributed by atoms with Gasteiger partial charge in [-0.1, -0.05) is 11.6 Å². The van der Waals surface area contributed by atoms with Crippen molar-refractivity contribution in [3.8, 4) is 5.75 Å². The van der Waals surface area contributed by atoms with E-state index in [-0.39, 0.29) is 5.75 Å². The normalized spacial score (nSPS) is 11.9. The van der Waals surface area contributed by atoms with Gasteiger partial charge in [0.25, 0.3) is 0 Å². The average molecular weight is 282 g/mol. The van der Waals surface area contributed by atoms with E-state index in [9.17, 15) is 13.2 Å². The molecule has 0 saturated carbocycles. The molecule has 0 aliphatic heterocycles. The van der Waals surface area contributed by atoms with Crippen LogP contribution in [0.3, 0.4) is 0 Å². The van der Waals surface area contributed by atoms with Crippen LogP contribution in [0.2, 0.25) is 5.02 Å². The molecule has 0 amide bonds. The molecule has 0 heterocycles. The van der Waals surface area contributed by atoms with Gasteiger partial charge in [0.2, 0.25) is 0 Å². The van der Waals surface area contributed by atoms with Crippen LogP contribution in [0, 0.1) is 0 Å². The van der Waals surface area contributed by atoms with Crippen LogP contribution in [0.15, 0.2) is 18.2 Å². The van der Waals surface area contributed by atoms with Crippen molar-refractivity contribution in [2.24, 2.45) is 0 Å². The van der Waals surface area contributed by atoms with Crippen molar-refractivity contribution >= 4 is 11.6 Å². The van der Waals surface area contributed by atoms with Crippen molar-refractivity contribution in [2.75, 3.05) is 20.6 Å². The van der Waals surface area contributed by atoms with Gasteiger partial charge >= 0.3 is 6.36 Å². The van der Waals surface area contributed by atoms with E-state index < -0.39 is 6.36 Å². The third-order valence-electron chi connectivity index (χ3n) is 2.30. The third kappa shape index (κ3) is 5.60. The number of aryl methyl sites for hydroxylation is 1. The molecule has 102 valence electrons. The molecule has 0 aliphatic rings. The van der Waals surface area contributed by atoms with Crippen molar-refractivity contribution in [1.29, 1.82) is 0 Å². The summed E-state index contributed by atoms with van der Waals surface area (Å²) in [6.45, 7) is 0.790. The summed E-state index contributed by atoms with van der Waals surface area (Å²) in [5.41, 5.74) is 0.474. The molecule has 0 atom stereocenters. The predicted octanol–water partition coefficient (Wildman–Crippen LogP) is 3.73. The van der Waals surface area contributed by atoms with Crippen LogP contribution in [-0.2, 0) is 6.42 Å². The number of hydrogen-bond donors (Lipinski definition) is 0. The molecule has 0 fully saturated rings. The van der Waals surface area contributed by atoms with Crippen LogP contribution in [0.5, 0.6) is 5.75 Å². The van der Waals surface area contributed by atoms with E-state index in [1.165, 1.54) is 18.2 Å². The lowest BCUT2D eigenvalue weighted by Gasteiger charge is -2.14. The zero-order chi connectivity index (χ0) is 13.8. The molecule has 2 nitrogen and oxygen atoms in total. The molecule has 0 aromatic heterocycles. The van der Waals surface area contributed by atoms with Crippen molar-refractivity contribution < 1.29 is 17.9 Å². The highest BCUT2D eigenvalue weighted by Gasteiger charge is 2.32. The van der Waals surface area contributed by atoms with Gasteiger partial charge in [0, 0.05) is 5.02 Å². The first kappa shape index (κ1) is 15.1. The van der Waals surface area contributed by atoms with Gasteiger partial charge in [0.15, 0.2) is 0 Å². The number of benzene rings is 1. The van der Waals surface area contributed by atoms with E-state index in [0.29, 0.717) is 17.0 Å². The standard InChI is InChI=1S/C12H15ClF3NO/c1-17(2)7-3-4-9-8-10(13)5-6-11(9)18-12(14,15)16/h5-6,8H,3-4,7H2,1-2H3. The average Bonchev–Trinajstić information content (AvgIpc) is 2.19. The van der Waals surface area contributed by atoms with E-state index in [1.54, 1.807) is 0 Å². The maximum atomic E-state index is 12.2. The molecular formula is C12H15ClF3NO. The lowest BCUT2D eigenvalue weighted by molar-refractivity contribution is -0.274. The Morgan fingerprint density at radius 2 is 1.94 bits per heavy atom. The summed E-state index contributed by atoms with van der Waals surface area (Å²) in [5.74, 6) is -0.175. The summed E-state index contributed by atoms with van der Waals surface area (Å²) in [6, 6.07) is 4.15. The second kappa shape index (κ2) is 6.29. The Morgan fingerprint density at radius 3 is 2.50 bits per heavy atom. The molecule has 0 radical (unpaired) electrons. The maximum Gasteiger partial charge on any atom is 0.573 e. The molecule has 0 N–H and O–H groups in total. The Labute approximate surface area is 109 Å². The SMILES string of the molecule is CN(C)CCCc1cc(Cl)ccc1OC(F)(F)F. The van der Waals surface area contributed by atoms with Crippen molar-refractivity contribution in [3.05, 3.63) is 28.8 Å². The highest BCUT2D eigenvalue weighted by molar-refractivity contribution is 6.30. The second-order valence-electron chi connectivity index (χ2n) is 4.21.